The molecule has 1 heterocycles. The fourth-order valence-corrected chi connectivity index (χ4v) is 2.25. The average Bonchev–Trinajstić information content (AvgIpc) is 2.47. The summed E-state index contributed by atoms with van der Waals surface area (Å²) in [4.78, 5) is 26.3. The first-order chi connectivity index (χ1) is 10.4. The number of aromatic nitrogens is 1. The fourth-order valence-electron chi connectivity index (χ4n) is 1.67. The smallest absolute Gasteiger partial charge is 0.287 e. The molecule has 7 nitrogen and oxygen atoms in total. The predicted molar refractivity (Wildman–Crippen MR) is 84.5 cm³/mol. The number of amides is 1. The van der Waals surface area contributed by atoms with E-state index in [1.165, 1.54) is 31.5 Å². The minimum absolute atomic E-state index is 0.114. The van der Waals surface area contributed by atoms with Crippen LogP contribution in [0.5, 0.6) is 5.88 Å². The first kappa shape index (κ1) is 16.2. The molecule has 1 aromatic heterocycles. The maximum absolute atomic E-state index is 12.2. The maximum atomic E-state index is 12.2. The van der Waals surface area contributed by atoms with E-state index in [-0.39, 0.29) is 22.2 Å². The standard InChI is InChI=1S/C13H9BrClN3O4/c1-22-13-10(5-8(14)6-16-13)17-12(19)7-2-3-11(18(20)21)9(15)4-7/h2-6H,1H3,(H,17,19). The topological polar surface area (TPSA) is 94.4 Å². The number of benzene rings is 1. The molecule has 0 spiro atoms. The number of carbonyl (C=O) groups excluding carboxylic acids is 1. The number of halogens is 2. The van der Waals surface area contributed by atoms with E-state index < -0.39 is 10.8 Å². The van der Waals surface area contributed by atoms with Crippen LogP contribution in [0.3, 0.4) is 0 Å². The van der Waals surface area contributed by atoms with Crippen molar-refractivity contribution in [3.63, 3.8) is 0 Å². The van der Waals surface area contributed by atoms with E-state index in [4.69, 9.17) is 16.3 Å². The lowest BCUT2D eigenvalue weighted by molar-refractivity contribution is -0.384. The molecule has 0 saturated heterocycles. The van der Waals surface area contributed by atoms with Crippen molar-refractivity contribution in [3.8, 4) is 5.88 Å². The number of rotatable bonds is 4. The molecule has 22 heavy (non-hydrogen) atoms. The van der Waals surface area contributed by atoms with Crippen molar-refractivity contribution in [1.82, 2.24) is 4.98 Å². The molecule has 0 aliphatic rings. The van der Waals surface area contributed by atoms with Crippen molar-refractivity contribution >= 4 is 44.8 Å². The van der Waals surface area contributed by atoms with E-state index in [2.05, 4.69) is 26.2 Å². The summed E-state index contributed by atoms with van der Waals surface area (Å²) < 4.78 is 5.71. The fraction of sp³-hybridized carbons (Fsp3) is 0.0769. The molecule has 0 saturated carbocycles. The molecule has 0 radical (unpaired) electrons. The number of ether oxygens (including phenoxy) is 1. The van der Waals surface area contributed by atoms with Crippen LogP contribution < -0.4 is 10.1 Å². The average molecular weight is 387 g/mol. The number of methoxy groups -OCH3 is 1. The third-order valence-electron chi connectivity index (χ3n) is 2.67. The molecule has 0 bridgehead atoms. The van der Waals surface area contributed by atoms with E-state index in [0.29, 0.717) is 10.2 Å². The summed E-state index contributed by atoms with van der Waals surface area (Å²) in [5.74, 6) is -0.250. The van der Waals surface area contributed by atoms with Gasteiger partial charge in [-0.3, -0.25) is 14.9 Å². The minimum atomic E-state index is -0.620. The third kappa shape index (κ3) is 3.52. The quantitative estimate of drug-likeness (QED) is 0.639. The summed E-state index contributed by atoms with van der Waals surface area (Å²) in [6, 6.07) is 5.34. The van der Waals surface area contributed by atoms with Crippen LogP contribution in [0, 0.1) is 10.1 Å². The van der Waals surface area contributed by atoms with Gasteiger partial charge in [0.15, 0.2) is 0 Å². The van der Waals surface area contributed by atoms with Gasteiger partial charge in [0.2, 0.25) is 5.88 Å². The Morgan fingerprint density at radius 1 is 1.45 bits per heavy atom. The molecule has 0 aliphatic carbocycles. The van der Waals surface area contributed by atoms with Crippen LogP contribution >= 0.6 is 27.5 Å². The second-order valence-corrected chi connectivity index (χ2v) is 5.41. The predicted octanol–water partition coefficient (Wildman–Crippen LogP) is 3.67. The highest BCUT2D eigenvalue weighted by Crippen LogP contribution is 2.28. The number of nitro groups is 1. The van der Waals surface area contributed by atoms with Crippen molar-refractivity contribution in [3.05, 3.63) is 55.6 Å². The van der Waals surface area contributed by atoms with Gasteiger partial charge < -0.3 is 10.1 Å². The van der Waals surface area contributed by atoms with Crippen molar-refractivity contribution in [2.75, 3.05) is 12.4 Å². The van der Waals surface area contributed by atoms with E-state index in [1.54, 1.807) is 6.07 Å². The largest absolute Gasteiger partial charge is 0.480 e. The first-order valence-corrected chi connectivity index (χ1v) is 7.04. The molecule has 0 unspecified atom stereocenters. The highest BCUT2D eigenvalue weighted by molar-refractivity contribution is 9.10. The lowest BCUT2D eigenvalue weighted by atomic mass is 10.2. The molecule has 0 atom stereocenters. The highest BCUT2D eigenvalue weighted by Gasteiger charge is 2.16. The summed E-state index contributed by atoms with van der Waals surface area (Å²) in [6.45, 7) is 0. The molecule has 114 valence electrons. The highest BCUT2D eigenvalue weighted by atomic mass is 79.9. The zero-order valence-electron chi connectivity index (χ0n) is 11.2. The Labute approximate surface area is 138 Å². The second-order valence-electron chi connectivity index (χ2n) is 4.09. The first-order valence-electron chi connectivity index (χ1n) is 5.87. The molecule has 1 aromatic carbocycles. The number of anilines is 1. The SMILES string of the molecule is COc1ncc(Br)cc1NC(=O)c1ccc([N+](=O)[O-])c(Cl)c1. The minimum Gasteiger partial charge on any atom is -0.480 e. The number of nitrogens with zero attached hydrogens (tertiary/aromatic N) is 2. The Kier molecular flexibility index (Phi) is 4.94. The van der Waals surface area contributed by atoms with E-state index in [9.17, 15) is 14.9 Å². The molecule has 0 aliphatic heterocycles. The van der Waals surface area contributed by atoms with Crippen LogP contribution in [0.1, 0.15) is 10.4 Å². The van der Waals surface area contributed by atoms with Crippen LogP contribution in [-0.2, 0) is 0 Å². The number of nitrogens with one attached hydrogen (secondary N) is 1. The Balaban J connectivity index is 2.28. The zero-order valence-corrected chi connectivity index (χ0v) is 13.5. The lowest BCUT2D eigenvalue weighted by Crippen LogP contribution is -2.13. The van der Waals surface area contributed by atoms with Gasteiger partial charge in [-0.2, -0.15) is 0 Å². The van der Waals surface area contributed by atoms with Gasteiger partial charge in [-0.1, -0.05) is 11.6 Å². The molecular weight excluding hydrogens is 378 g/mol. The second kappa shape index (κ2) is 6.71. The third-order valence-corrected chi connectivity index (χ3v) is 3.40. The van der Waals surface area contributed by atoms with Gasteiger partial charge in [-0.25, -0.2) is 4.98 Å². The van der Waals surface area contributed by atoms with Crippen molar-refractivity contribution < 1.29 is 14.5 Å². The Morgan fingerprint density at radius 2 is 2.18 bits per heavy atom. The van der Waals surface area contributed by atoms with E-state index in [0.717, 1.165) is 0 Å². The van der Waals surface area contributed by atoms with Crippen molar-refractivity contribution in [2.24, 2.45) is 0 Å². The Morgan fingerprint density at radius 3 is 2.77 bits per heavy atom. The van der Waals surface area contributed by atoms with Crippen molar-refractivity contribution in [1.29, 1.82) is 0 Å². The van der Waals surface area contributed by atoms with Gasteiger partial charge in [0.25, 0.3) is 11.6 Å². The number of hydrogen-bond donors (Lipinski definition) is 1. The molecule has 1 N–H and O–H groups in total. The number of hydrogen-bond acceptors (Lipinski definition) is 5. The van der Waals surface area contributed by atoms with Gasteiger partial charge in [0.1, 0.15) is 10.7 Å². The summed E-state index contributed by atoms with van der Waals surface area (Å²) in [5.41, 5.74) is 0.272. The number of nitro benzene ring substituents is 1. The molecule has 9 heteroatoms. The molecular formula is C13H9BrClN3O4. The maximum Gasteiger partial charge on any atom is 0.287 e. The summed E-state index contributed by atoms with van der Waals surface area (Å²) in [7, 11) is 1.43. The zero-order chi connectivity index (χ0) is 16.3. The van der Waals surface area contributed by atoms with Crippen LogP contribution in [0.2, 0.25) is 5.02 Å². The molecule has 1 amide bonds. The van der Waals surface area contributed by atoms with Gasteiger partial charge in [-0.05, 0) is 34.1 Å². The number of pyridine rings is 1. The Bertz CT molecular complexity index is 754. The summed E-state index contributed by atoms with van der Waals surface area (Å²) in [6.07, 6.45) is 1.53. The van der Waals surface area contributed by atoms with Gasteiger partial charge in [0.05, 0.1) is 12.0 Å². The number of carbonyl (C=O) groups is 1. The van der Waals surface area contributed by atoms with Crippen LogP contribution in [0.4, 0.5) is 11.4 Å². The Hall–Kier alpha value is -2.19. The van der Waals surface area contributed by atoms with E-state index >= 15 is 0 Å². The van der Waals surface area contributed by atoms with Gasteiger partial charge in [-0.15, -0.1) is 0 Å². The summed E-state index contributed by atoms with van der Waals surface area (Å²) in [5, 5.41) is 13.2. The molecule has 2 rings (SSSR count). The van der Waals surface area contributed by atoms with Crippen LogP contribution in [0.15, 0.2) is 34.9 Å². The van der Waals surface area contributed by atoms with Gasteiger partial charge in [0, 0.05) is 22.3 Å². The summed E-state index contributed by atoms with van der Waals surface area (Å²) >= 11 is 9.03. The molecule has 0 fully saturated rings. The monoisotopic (exact) mass is 385 g/mol. The normalized spacial score (nSPS) is 10.1. The van der Waals surface area contributed by atoms with Gasteiger partial charge >= 0.3 is 0 Å². The van der Waals surface area contributed by atoms with Crippen LogP contribution in [0.25, 0.3) is 0 Å². The van der Waals surface area contributed by atoms with E-state index in [1.807, 2.05) is 0 Å². The molecule has 2 aromatic rings. The lowest BCUT2D eigenvalue weighted by Gasteiger charge is -2.09. The van der Waals surface area contributed by atoms with Crippen LogP contribution in [-0.4, -0.2) is 22.9 Å². The van der Waals surface area contributed by atoms with Crippen molar-refractivity contribution in [2.45, 2.75) is 0 Å².